The topological polar surface area (TPSA) is 52.3 Å². The second-order valence-electron chi connectivity index (χ2n) is 3.30. The van der Waals surface area contributed by atoms with E-state index in [1.807, 2.05) is 13.0 Å². The number of hydrogen-bond acceptors (Lipinski definition) is 3. The molecule has 0 aromatic carbocycles. The summed E-state index contributed by atoms with van der Waals surface area (Å²) in [5.74, 6) is -0.242. The number of nitrogens with two attached hydrogens (primary N) is 1. The molecule has 0 saturated carbocycles. The lowest BCUT2D eigenvalue weighted by atomic mass is 9.88. The Morgan fingerprint density at radius 2 is 2.31 bits per heavy atom. The maximum Gasteiger partial charge on any atom is 0.307 e. The molecule has 0 heterocycles. The number of ether oxygens (including phenoxy) is 1. The molecule has 0 saturated heterocycles. The Bertz CT molecular complexity index is 180. The lowest BCUT2D eigenvalue weighted by molar-refractivity contribution is -0.142. The molecule has 0 amide bonds. The predicted molar refractivity (Wildman–Crippen MR) is 53.3 cm³/mol. The van der Waals surface area contributed by atoms with Crippen LogP contribution in [0.15, 0.2) is 12.7 Å². The van der Waals surface area contributed by atoms with Crippen LogP contribution >= 0.6 is 0 Å². The van der Waals surface area contributed by atoms with Crippen molar-refractivity contribution in [1.29, 1.82) is 0 Å². The SMILES string of the molecule is C=CCCC(N)(CC)CC(=O)OC. The zero-order chi connectivity index (χ0) is 10.3. The van der Waals surface area contributed by atoms with Gasteiger partial charge in [0.05, 0.1) is 13.5 Å². The van der Waals surface area contributed by atoms with E-state index >= 15 is 0 Å². The zero-order valence-corrected chi connectivity index (χ0v) is 8.51. The molecular formula is C10H19NO2. The molecule has 0 bridgehead atoms. The average molecular weight is 185 g/mol. The van der Waals surface area contributed by atoms with E-state index in [1.54, 1.807) is 0 Å². The number of carbonyl (C=O) groups excluding carboxylic acids is 1. The maximum absolute atomic E-state index is 11.0. The molecule has 0 spiro atoms. The fourth-order valence-corrected chi connectivity index (χ4v) is 1.14. The first-order valence-corrected chi connectivity index (χ1v) is 4.54. The van der Waals surface area contributed by atoms with Crippen molar-refractivity contribution in [3.05, 3.63) is 12.7 Å². The van der Waals surface area contributed by atoms with Crippen molar-refractivity contribution in [2.24, 2.45) is 5.73 Å². The molecule has 2 N–H and O–H groups in total. The molecule has 1 unspecified atom stereocenters. The van der Waals surface area contributed by atoms with Gasteiger partial charge in [0, 0.05) is 5.54 Å². The molecule has 13 heavy (non-hydrogen) atoms. The van der Waals surface area contributed by atoms with Crippen LogP contribution in [-0.4, -0.2) is 18.6 Å². The fraction of sp³-hybridized carbons (Fsp3) is 0.700. The van der Waals surface area contributed by atoms with Crippen LogP contribution in [0.2, 0.25) is 0 Å². The molecule has 1 atom stereocenters. The smallest absolute Gasteiger partial charge is 0.307 e. The highest BCUT2D eigenvalue weighted by Gasteiger charge is 2.25. The van der Waals surface area contributed by atoms with Crippen molar-refractivity contribution in [1.82, 2.24) is 0 Å². The van der Waals surface area contributed by atoms with E-state index in [0.29, 0.717) is 0 Å². The number of carbonyl (C=O) groups is 1. The first kappa shape index (κ1) is 12.2. The Hall–Kier alpha value is -0.830. The van der Waals surface area contributed by atoms with Gasteiger partial charge >= 0.3 is 5.97 Å². The standard InChI is InChI=1S/C10H19NO2/c1-4-6-7-10(11,5-2)8-9(12)13-3/h4H,1,5-8,11H2,2-3H3. The Morgan fingerprint density at radius 1 is 1.69 bits per heavy atom. The number of hydrogen-bond donors (Lipinski definition) is 1. The van der Waals surface area contributed by atoms with Gasteiger partial charge in [0.2, 0.25) is 0 Å². The van der Waals surface area contributed by atoms with E-state index in [2.05, 4.69) is 11.3 Å². The zero-order valence-electron chi connectivity index (χ0n) is 8.51. The third-order valence-electron chi connectivity index (χ3n) is 2.27. The van der Waals surface area contributed by atoms with Gasteiger partial charge in [-0.05, 0) is 19.3 Å². The molecule has 0 radical (unpaired) electrons. The third kappa shape index (κ3) is 4.68. The van der Waals surface area contributed by atoms with E-state index in [-0.39, 0.29) is 12.4 Å². The van der Waals surface area contributed by atoms with Gasteiger partial charge in [-0.3, -0.25) is 4.79 Å². The molecular weight excluding hydrogens is 166 g/mol. The lowest BCUT2D eigenvalue weighted by Crippen LogP contribution is -2.41. The van der Waals surface area contributed by atoms with Gasteiger partial charge in [-0.2, -0.15) is 0 Å². The van der Waals surface area contributed by atoms with Gasteiger partial charge in [0.1, 0.15) is 0 Å². The highest BCUT2D eigenvalue weighted by molar-refractivity contribution is 5.70. The summed E-state index contributed by atoms with van der Waals surface area (Å²) in [4.78, 5) is 11.0. The minimum absolute atomic E-state index is 0.242. The van der Waals surface area contributed by atoms with Crippen molar-refractivity contribution in [3.63, 3.8) is 0 Å². The summed E-state index contributed by atoms with van der Waals surface area (Å²) >= 11 is 0. The van der Waals surface area contributed by atoms with Crippen molar-refractivity contribution in [3.8, 4) is 0 Å². The molecule has 0 aromatic rings. The highest BCUT2D eigenvalue weighted by atomic mass is 16.5. The maximum atomic E-state index is 11.0. The van der Waals surface area contributed by atoms with Gasteiger partial charge < -0.3 is 10.5 Å². The van der Waals surface area contributed by atoms with Crippen LogP contribution in [0.5, 0.6) is 0 Å². The fourth-order valence-electron chi connectivity index (χ4n) is 1.14. The largest absolute Gasteiger partial charge is 0.469 e. The molecule has 0 fully saturated rings. The van der Waals surface area contributed by atoms with Gasteiger partial charge in [-0.1, -0.05) is 13.0 Å². The first-order valence-electron chi connectivity index (χ1n) is 4.54. The minimum Gasteiger partial charge on any atom is -0.469 e. The van der Waals surface area contributed by atoms with Gasteiger partial charge in [0.25, 0.3) is 0 Å². The first-order chi connectivity index (χ1) is 6.08. The Balaban J connectivity index is 4.09. The van der Waals surface area contributed by atoms with Crippen molar-refractivity contribution >= 4 is 5.97 Å². The van der Waals surface area contributed by atoms with E-state index in [0.717, 1.165) is 19.3 Å². The summed E-state index contributed by atoms with van der Waals surface area (Å²) in [5, 5.41) is 0. The average Bonchev–Trinajstić information content (AvgIpc) is 2.14. The summed E-state index contributed by atoms with van der Waals surface area (Å²) < 4.78 is 4.58. The molecule has 3 nitrogen and oxygen atoms in total. The lowest BCUT2D eigenvalue weighted by Gasteiger charge is -2.26. The Kier molecular flexibility index (Phi) is 5.39. The van der Waals surface area contributed by atoms with E-state index in [9.17, 15) is 4.79 Å². The van der Waals surface area contributed by atoms with Crippen LogP contribution < -0.4 is 5.73 Å². The predicted octanol–water partition coefficient (Wildman–Crippen LogP) is 1.62. The quantitative estimate of drug-likeness (QED) is 0.505. The van der Waals surface area contributed by atoms with E-state index in [4.69, 9.17) is 5.73 Å². The van der Waals surface area contributed by atoms with Crippen LogP contribution in [0.1, 0.15) is 32.6 Å². The van der Waals surface area contributed by atoms with Crippen molar-refractivity contribution in [2.75, 3.05) is 7.11 Å². The summed E-state index contributed by atoms with van der Waals surface area (Å²) in [6, 6.07) is 0. The Labute approximate surface area is 79.9 Å². The molecule has 0 aromatic heterocycles. The van der Waals surface area contributed by atoms with Crippen molar-refractivity contribution < 1.29 is 9.53 Å². The van der Waals surface area contributed by atoms with Crippen molar-refractivity contribution in [2.45, 2.75) is 38.1 Å². The summed E-state index contributed by atoms with van der Waals surface area (Å²) in [6.07, 6.45) is 4.49. The molecule has 0 aliphatic heterocycles. The second-order valence-corrected chi connectivity index (χ2v) is 3.30. The normalized spacial score (nSPS) is 14.7. The number of rotatable bonds is 6. The molecule has 3 heteroatoms. The Morgan fingerprint density at radius 3 is 2.69 bits per heavy atom. The summed E-state index contributed by atoms with van der Waals surface area (Å²) in [6.45, 7) is 5.60. The van der Waals surface area contributed by atoms with Crippen LogP contribution in [0.25, 0.3) is 0 Å². The van der Waals surface area contributed by atoms with Crippen LogP contribution in [-0.2, 0) is 9.53 Å². The van der Waals surface area contributed by atoms with Crippen LogP contribution in [0.4, 0.5) is 0 Å². The molecule has 0 rings (SSSR count). The van der Waals surface area contributed by atoms with Gasteiger partial charge in [-0.25, -0.2) is 0 Å². The number of esters is 1. The molecule has 0 aliphatic rings. The number of allylic oxidation sites excluding steroid dienone is 1. The molecule has 0 aliphatic carbocycles. The van der Waals surface area contributed by atoms with Gasteiger partial charge in [-0.15, -0.1) is 6.58 Å². The van der Waals surface area contributed by atoms with Crippen LogP contribution in [0, 0.1) is 0 Å². The molecule has 76 valence electrons. The van der Waals surface area contributed by atoms with E-state index < -0.39 is 5.54 Å². The summed E-state index contributed by atoms with van der Waals surface area (Å²) in [5.41, 5.74) is 5.58. The highest BCUT2D eigenvalue weighted by Crippen LogP contribution is 2.19. The van der Waals surface area contributed by atoms with E-state index in [1.165, 1.54) is 7.11 Å². The number of methoxy groups -OCH3 is 1. The summed E-state index contributed by atoms with van der Waals surface area (Å²) in [7, 11) is 1.38. The van der Waals surface area contributed by atoms with Crippen LogP contribution in [0.3, 0.4) is 0 Å². The van der Waals surface area contributed by atoms with Gasteiger partial charge in [0.15, 0.2) is 0 Å². The minimum atomic E-state index is -0.429. The monoisotopic (exact) mass is 185 g/mol. The second kappa shape index (κ2) is 5.75. The third-order valence-corrected chi connectivity index (χ3v) is 2.27.